The number of nitrogens with zero attached hydrogens (tertiary/aromatic N) is 6. The third-order valence-electron chi connectivity index (χ3n) is 10.8. The first-order chi connectivity index (χ1) is 30.9. The maximum Gasteiger partial charge on any atom is 0.407 e. The van der Waals surface area contributed by atoms with Crippen molar-refractivity contribution >= 4 is 58.0 Å². The van der Waals surface area contributed by atoms with Crippen LogP contribution in [-0.2, 0) is 18.9 Å². The minimum absolute atomic E-state index is 0. The average molecular weight is 917 g/mol. The molecular weight excluding hydrogens is 866 g/mol. The van der Waals surface area contributed by atoms with Gasteiger partial charge in [-0.15, -0.1) is 12.4 Å². The summed E-state index contributed by atoms with van der Waals surface area (Å²) in [6, 6.07) is 19.6. The molecule has 2 aromatic heterocycles. The first kappa shape index (κ1) is 47.8. The largest absolute Gasteiger partial charge is 0.507 e. The Morgan fingerprint density at radius 2 is 1.06 bits per heavy atom. The molecular formula is C46H51ClF2N8O8. The molecule has 16 nitrogen and oxygen atoms in total. The Balaban J connectivity index is 0.000000212. The molecule has 2 saturated heterocycles. The number of anilines is 2. The number of nitrogens with one attached hydrogen (secondary N) is 2. The number of hydrogen-bond donors (Lipinski definition) is 4. The Kier molecular flexibility index (Phi) is 16.1. The average Bonchev–Trinajstić information content (AvgIpc) is 3.93. The lowest BCUT2D eigenvalue weighted by Gasteiger charge is -2.21. The van der Waals surface area contributed by atoms with Crippen molar-refractivity contribution < 1.29 is 47.5 Å². The molecule has 2 aliphatic rings. The van der Waals surface area contributed by atoms with Crippen molar-refractivity contribution in [2.75, 3.05) is 76.6 Å². The summed E-state index contributed by atoms with van der Waals surface area (Å²) in [5, 5.41) is 27.9. The van der Waals surface area contributed by atoms with Gasteiger partial charge in [0.25, 0.3) is 0 Å². The number of aromatic hydroxyl groups is 2. The number of carbonyl (C=O) groups excluding carboxylic acids is 2. The zero-order valence-electron chi connectivity index (χ0n) is 36.3. The number of benzene rings is 4. The second-order valence-corrected chi connectivity index (χ2v) is 15.5. The van der Waals surface area contributed by atoms with Crippen LogP contribution in [0.4, 0.5) is 30.0 Å². The van der Waals surface area contributed by atoms with Gasteiger partial charge in [-0.1, -0.05) is 24.3 Å². The van der Waals surface area contributed by atoms with E-state index in [1.807, 2.05) is 60.0 Å². The van der Waals surface area contributed by atoms with Crippen LogP contribution in [0.25, 0.3) is 44.6 Å². The summed E-state index contributed by atoms with van der Waals surface area (Å²) in [6.45, 7) is 7.26. The number of amides is 2. The molecule has 8 rings (SSSR count). The minimum Gasteiger partial charge on any atom is -0.507 e. The van der Waals surface area contributed by atoms with Crippen molar-refractivity contribution in [3.63, 3.8) is 0 Å². The van der Waals surface area contributed by atoms with Gasteiger partial charge in [-0.05, 0) is 86.3 Å². The highest BCUT2D eigenvalue weighted by molar-refractivity contribution is 5.93. The molecule has 4 aromatic carbocycles. The molecule has 6 aromatic rings. The van der Waals surface area contributed by atoms with Crippen molar-refractivity contribution in [2.24, 2.45) is 0 Å². The number of halogens is 3. The second kappa shape index (κ2) is 21.8. The van der Waals surface area contributed by atoms with Gasteiger partial charge in [0.2, 0.25) is 0 Å². The molecule has 2 amide bonds. The normalized spacial score (nSPS) is 15.6. The summed E-state index contributed by atoms with van der Waals surface area (Å²) in [6.07, 6.45) is 0.427. The number of methoxy groups -OCH3 is 2. The molecule has 2 atom stereocenters. The molecule has 2 fully saturated rings. The van der Waals surface area contributed by atoms with Crippen LogP contribution < -0.4 is 20.4 Å². The Labute approximate surface area is 380 Å². The summed E-state index contributed by atoms with van der Waals surface area (Å²) < 4.78 is 49.0. The number of phenols is 2. The van der Waals surface area contributed by atoms with Gasteiger partial charge in [-0.2, -0.15) is 0 Å². The van der Waals surface area contributed by atoms with E-state index >= 15 is 0 Å². The van der Waals surface area contributed by atoms with Gasteiger partial charge < -0.3 is 49.6 Å². The molecule has 2 aliphatic heterocycles. The third kappa shape index (κ3) is 11.6. The Morgan fingerprint density at radius 3 is 1.45 bits per heavy atom. The highest BCUT2D eigenvalue weighted by Gasteiger charge is 2.30. The summed E-state index contributed by atoms with van der Waals surface area (Å²) >= 11 is 0. The van der Waals surface area contributed by atoms with E-state index in [0.29, 0.717) is 74.9 Å². The highest BCUT2D eigenvalue weighted by Crippen LogP contribution is 2.36. The van der Waals surface area contributed by atoms with Crippen LogP contribution in [0.2, 0.25) is 0 Å². The zero-order valence-corrected chi connectivity index (χ0v) is 37.2. The molecule has 0 bridgehead atoms. The molecule has 0 unspecified atom stereocenters. The van der Waals surface area contributed by atoms with E-state index in [1.54, 1.807) is 14.2 Å². The van der Waals surface area contributed by atoms with Crippen molar-refractivity contribution in [1.29, 1.82) is 0 Å². The van der Waals surface area contributed by atoms with E-state index in [0.717, 1.165) is 21.9 Å². The Bertz CT molecular complexity index is 2430. The fraction of sp³-hybridized carbons (Fsp3) is 0.348. The Hall–Kier alpha value is -6.63. The van der Waals surface area contributed by atoms with Crippen LogP contribution in [-0.4, -0.2) is 121 Å². The van der Waals surface area contributed by atoms with Crippen LogP contribution in [0, 0.1) is 25.5 Å². The van der Waals surface area contributed by atoms with E-state index in [-0.39, 0.29) is 72.0 Å². The number of aryl methyl sites for hydroxylation is 2. The number of carbonyl (C=O) groups is 2. The quantitative estimate of drug-likeness (QED) is 0.0899. The molecule has 65 heavy (non-hydrogen) atoms. The van der Waals surface area contributed by atoms with E-state index < -0.39 is 23.8 Å². The van der Waals surface area contributed by atoms with Crippen LogP contribution >= 0.6 is 12.4 Å². The van der Waals surface area contributed by atoms with Crippen molar-refractivity contribution in [3.8, 4) is 34.3 Å². The van der Waals surface area contributed by atoms with Crippen molar-refractivity contribution in [3.05, 3.63) is 95.6 Å². The standard InChI is InChI=1S/2C23H25FN4O4.ClH/c2*1-14-6-7-16-18(12-14)26-21(20-17(24)4-3-5-19(20)29)27-22(16)28-9-8-15(13-28)25-23(30)32-11-10-31-2;/h2*3-7,12,15,29H,8-11,13H2,1-2H3,(H,25,30);1H/t2*15-;/m11./s1. The SMILES string of the molecule is COCCOC(=O)N[C@@H]1CCN(c2nc(-c3c(O)cccc3F)nc3cc(C)ccc23)C1.COCCOC(=O)N[C@@H]1CCN(c2nc(-c3c(O)cccc3F)nc3cc(C)ccc23)C1.Cl. The smallest absolute Gasteiger partial charge is 0.407 e. The van der Waals surface area contributed by atoms with Gasteiger partial charge >= 0.3 is 12.2 Å². The van der Waals surface area contributed by atoms with Crippen LogP contribution in [0.3, 0.4) is 0 Å². The number of rotatable bonds is 12. The molecule has 344 valence electrons. The monoisotopic (exact) mass is 916 g/mol. The van der Waals surface area contributed by atoms with E-state index in [9.17, 15) is 28.6 Å². The van der Waals surface area contributed by atoms with E-state index in [4.69, 9.17) is 18.9 Å². The lowest BCUT2D eigenvalue weighted by molar-refractivity contribution is 0.0965. The summed E-state index contributed by atoms with van der Waals surface area (Å²) in [5.41, 5.74) is 3.25. The zero-order chi connectivity index (χ0) is 45.3. The predicted molar refractivity (Wildman–Crippen MR) is 244 cm³/mol. The van der Waals surface area contributed by atoms with Crippen LogP contribution in [0.15, 0.2) is 72.8 Å². The molecule has 19 heteroatoms. The van der Waals surface area contributed by atoms with Crippen molar-refractivity contribution in [2.45, 2.75) is 38.8 Å². The van der Waals surface area contributed by atoms with Gasteiger partial charge in [-0.3, -0.25) is 0 Å². The number of fused-ring (bicyclic) bond motifs is 2. The number of hydrogen-bond acceptors (Lipinski definition) is 14. The van der Waals surface area contributed by atoms with Gasteiger partial charge in [-0.25, -0.2) is 38.3 Å². The predicted octanol–water partition coefficient (Wildman–Crippen LogP) is 7.22. The number of phenolic OH excluding ortho intramolecular Hbond substituents is 2. The van der Waals surface area contributed by atoms with Gasteiger partial charge in [0.05, 0.1) is 47.5 Å². The van der Waals surface area contributed by atoms with E-state index in [2.05, 4.69) is 30.6 Å². The molecule has 0 radical (unpaired) electrons. The minimum atomic E-state index is -0.595. The summed E-state index contributed by atoms with van der Waals surface area (Å²) in [7, 11) is 3.08. The first-order valence-corrected chi connectivity index (χ1v) is 20.8. The Morgan fingerprint density at radius 1 is 0.646 bits per heavy atom. The second-order valence-electron chi connectivity index (χ2n) is 15.5. The van der Waals surface area contributed by atoms with Gasteiger partial charge in [0, 0.05) is 51.2 Å². The first-order valence-electron chi connectivity index (χ1n) is 20.8. The van der Waals surface area contributed by atoms with Gasteiger partial charge in [0.15, 0.2) is 11.6 Å². The van der Waals surface area contributed by atoms with Gasteiger partial charge in [0.1, 0.15) is 48.0 Å². The molecule has 0 saturated carbocycles. The lowest BCUT2D eigenvalue weighted by atomic mass is 10.1. The fourth-order valence-corrected chi connectivity index (χ4v) is 7.61. The number of ether oxygens (including phenoxy) is 4. The molecule has 4 N–H and O–H groups in total. The van der Waals surface area contributed by atoms with Crippen molar-refractivity contribution in [1.82, 2.24) is 30.6 Å². The maximum atomic E-state index is 14.5. The van der Waals surface area contributed by atoms with Crippen LogP contribution in [0.1, 0.15) is 24.0 Å². The highest BCUT2D eigenvalue weighted by atomic mass is 35.5. The molecule has 4 heterocycles. The van der Waals surface area contributed by atoms with Crippen LogP contribution in [0.5, 0.6) is 11.5 Å². The fourth-order valence-electron chi connectivity index (χ4n) is 7.61. The third-order valence-corrected chi connectivity index (χ3v) is 10.8. The maximum absolute atomic E-state index is 14.5. The number of alkyl carbamates (subject to hydrolysis) is 2. The lowest BCUT2D eigenvalue weighted by Crippen LogP contribution is -2.38. The van der Waals surface area contributed by atoms with E-state index in [1.165, 1.54) is 36.4 Å². The number of aromatic nitrogens is 4. The molecule has 0 spiro atoms. The summed E-state index contributed by atoms with van der Waals surface area (Å²) in [4.78, 5) is 46.3. The molecule has 0 aliphatic carbocycles. The summed E-state index contributed by atoms with van der Waals surface area (Å²) in [5.74, 6) is -0.140. The topological polar surface area (TPSA) is 194 Å².